The quantitative estimate of drug-likeness (QED) is 0.637. The molecule has 0 saturated carbocycles. The fraction of sp³-hybridized carbons (Fsp3) is 0.667. The van der Waals surface area contributed by atoms with Crippen molar-refractivity contribution in [2.75, 3.05) is 6.54 Å². The molecule has 1 atom stereocenters. The highest BCUT2D eigenvalue weighted by molar-refractivity contribution is 7.80. The van der Waals surface area contributed by atoms with Gasteiger partial charge in [0.2, 0.25) is 0 Å². The van der Waals surface area contributed by atoms with Crippen molar-refractivity contribution in [2.24, 2.45) is 12.8 Å². The zero-order chi connectivity index (χ0) is 8.27. The Hall–Kier alpha value is -0.550. The Morgan fingerprint density at radius 3 is 3.00 bits per heavy atom. The zero-order valence-corrected chi connectivity index (χ0v) is 7.33. The van der Waals surface area contributed by atoms with Crippen LogP contribution in [0.5, 0.6) is 0 Å². The fourth-order valence-corrected chi connectivity index (χ4v) is 1.26. The van der Waals surface area contributed by atoms with Gasteiger partial charge in [-0.25, -0.2) is 0 Å². The van der Waals surface area contributed by atoms with Crippen molar-refractivity contribution in [3.8, 4) is 0 Å². The molecule has 4 nitrogen and oxygen atoms in total. The van der Waals surface area contributed by atoms with E-state index in [0.29, 0.717) is 6.54 Å². The Kier molecular flexibility index (Phi) is 2.90. The van der Waals surface area contributed by atoms with Crippen LogP contribution in [0.2, 0.25) is 0 Å². The molecular formula is C6H12N4S. The summed E-state index contributed by atoms with van der Waals surface area (Å²) >= 11 is 4.33. The van der Waals surface area contributed by atoms with Crippen molar-refractivity contribution in [3.63, 3.8) is 0 Å². The van der Waals surface area contributed by atoms with E-state index in [1.54, 1.807) is 6.33 Å². The Morgan fingerprint density at radius 2 is 2.55 bits per heavy atom. The predicted octanol–water partition coefficient (Wildman–Crippen LogP) is 0.135. The summed E-state index contributed by atoms with van der Waals surface area (Å²) in [5.41, 5.74) is 5.38. The summed E-state index contributed by atoms with van der Waals surface area (Å²) in [5, 5.41) is 7.77. The summed E-state index contributed by atoms with van der Waals surface area (Å²) in [6, 6.07) is 0. The molecule has 1 rings (SSSR count). The Bertz CT molecular complexity index is 222. The van der Waals surface area contributed by atoms with Crippen LogP contribution in [0.3, 0.4) is 0 Å². The second-order valence-electron chi connectivity index (χ2n) is 2.39. The lowest BCUT2D eigenvalue weighted by Crippen LogP contribution is -2.07. The van der Waals surface area contributed by atoms with Gasteiger partial charge in [0, 0.05) is 7.05 Å². The molecular weight excluding hydrogens is 160 g/mol. The van der Waals surface area contributed by atoms with E-state index < -0.39 is 0 Å². The Balaban J connectivity index is 2.67. The largest absolute Gasteiger partial charge is 0.330 e. The number of nitrogens with two attached hydrogens (primary N) is 1. The van der Waals surface area contributed by atoms with Crippen LogP contribution in [0.25, 0.3) is 0 Å². The molecule has 0 spiro atoms. The van der Waals surface area contributed by atoms with Gasteiger partial charge >= 0.3 is 0 Å². The van der Waals surface area contributed by atoms with Crippen LogP contribution < -0.4 is 5.73 Å². The standard InChI is InChI=1S/C6H12N4S/c1-10-4-8-9-6(10)5(11)2-3-7/h4-5,11H,2-3,7H2,1H3. The van der Waals surface area contributed by atoms with Gasteiger partial charge in [-0.3, -0.25) is 0 Å². The monoisotopic (exact) mass is 172 g/mol. The van der Waals surface area contributed by atoms with Crippen molar-refractivity contribution in [2.45, 2.75) is 11.7 Å². The van der Waals surface area contributed by atoms with Gasteiger partial charge in [0.1, 0.15) is 12.2 Å². The minimum Gasteiger partial charge on any atom is -0.330 e. The minimum absolute atomic E-state index is 0.104. The van der Waals surface area contributed by atoms with Crippen LogP contribution in [0, 0.1) is 0 Å². The van der Waals surface area contributed by atoms with E-state index in [2.05, 4.69) is 22.8 Å². The van der Waals surface area contributed by atoms with Crippen LogP contribution in [-0.4, -0.2) is 21.3 Å². The van der Waals surface area contributed by atoms with Crippen molar-refractivity contribution in [3.05, 3.63) is 12.2 Å². The van der Waals surface area contributed by atoms with E-state index in [1.165, 1.54) is 0 Å². The molecule has 0 aliphatic rings. The van der Waals surface area contributed by atoms with Crippen molar-refractivity contribution < 1.29 is 0 Å². The van der Waals surface area contributed by atoms with Gasteiger partial charge in [0.05, 0.1) is 5.25 Å². The summed E-state index contributed by atoms with van der Waals surface area (Å²) in [6.07, 6.45) is 2.49. The maximum atomic E-state index is 5.38. The number of nitrogens with zero attached hydrogens (tertiary/aromatic N) is 3. The minimum atomic E-state index is 0.104. The van der Waals surface area contributed by atoms with E-state index in [4.69, 9.17) is 5.73 Å². The molecule has 0 radical (unpaired) electrons. The third-order valence-electron chi connectivity index (χ3n) is 1.48. The van der Waals surface area contributed by atoms with Gasteiger partial charge in [0.25, 0.3) is 0 Å². The summed E-state index contributed by atoms with van der Waals surface area (Å²) in [6.45, 7) is 0.626. The molecule has 1 aromatic heterocycles. The predicted molar refractivity (Wildman–Crippen MR) is 46.4 cm³/mol. The molecule has 0 fully saturated rings. The van der Waals surface area contributed by atoms with Gasteiger partial charge in [-0.2, -0.15) is 12.6 Å². The smallest absolute Gasteiger partial charge is 0.145 e. The SMILES string of the molecule is Cn1cnnc1C(S)CCN. The lowest BCUT2D eigenvalue weighted by molar-refractivity contribution is 0.718. The molecule has 1 unspecified atom stereocenters. The number of rotatable bonds is 3. The fourth-order valence-electron chi connectivity index (χ4n) is 0.881. The second-order valence-corrected chi connectivity index (χ2v) is 3.02. The number of thiol groups is 1. The molecule has 0 aliphatic carbocycles. The maximum Gasteiger partial charge on any atom is 0.145 e. The van der Waals surface area contributed by atoms with Crippen LogP contribution in [0.1, 0.15) is 17.5 Å². The molecule has 2 N–H and O–H groups in total. The average molecular weight is 172 g/mol. The van der Waals surface area contributed by atoms with E-state index in [1.807, 2.05) is 11.6 Å². The second kappa shape index (κ2) is 3.73. The molecule has 0 aromatic carbocycles. The number of hydrogen-bond donors (Lipinski definition) is 2. The van der Waals surface area contributed by atoms with E-state index in [9.17, 15) is 0 Å². The van der Waals surface area contributed by atoms with E-state index >= 15 is 0 Å². The molecule has 1 heterocycles. The average Bonchev–Trinajstić information content (AvgIpc) is 2.36. The van der Waals surface area contributed by atoms with Crippen LogP contribution in [0.15, 0.2) is 6.33 Å². The molecule has 11 heavy (non-hydrogen) atoms. The normalized spacial score (nSPS) is 13.4. The highest BCUT2D eigenvalue weighted by atomic mass is 32.1. The highest BCUT2D eigenvalue weighted by Crippen LogP contribution is 2.19. The maximum absolute atomic E-state index is 5.38. The molecule has 0 amide bonds. The van der Waals surface area contributed by atoms with Crippen LogP contribution in [-0.2, 0) is 7.05 Å². The number of aryl methyl sites for hydroxylation is 1. The topological polar surface area (TPSA) is 56.7 Å². The highest BCUT2D eigenvalue weighted by Gasteiger charge is 2.10. The van der Waals surface area contributed by atoms with Crippen molar-refractivity contribution >= 4 is 12.6 Å². The van der Waals surface area contributed by atoms with E-state index in [-0.39, 0.29) is 5.25 Å². The number of hydrogen-bond acceptors (Lipinski definition) is 4. The van der Waals surface area contributed by atoms with Crippen LogP contribution >= 0.6 is 12.6 Å². The molecule has 0 aliphatic heterocycles. The Morgan fingerprint density at radius 1 is 1.82 bits per heavy atom. The third kappa shape index (κ3) is 1.94. The molecule has 0 saturated heterocycles. The van der Waals surface area contributed by atoms with Crippen LogP contribution in [0.4, 0.5) is 0 Å². The first-order valence-corrected chi connectivity index (χ1v) is 3.99. The first-order chi connectivity index (χ1) is 5.25. The first-order valence-electron chi connectivity index (χ1n) is 3.47. The summed E-state index contributed by atoms with van der Waals surface area (Å²) in [4.78, 5) is 0. The van der Waals surface area contributed by atoms with Gasteiger partial charge in [-0.05, 0) is 13.0 Å². The van der Waals surface area contributed by atoms with Crippen molar-refractivity contribution in [1.82, 2.24) is 14.8 Å². The number of aromatic nitrogens is 3. The van der Waals surface area contributed by atoms with E-state index in [0.717, 1.165) is 12.2 Å². The van der Waals surface area contributed by atoms with Crippen molar-refractivity contribution in [1.29, 1.82) is 0 Å². The lowest BCUT2D eigenvalue weighted by atomic mass is 10.3. The van der Waals surface area contributed by atoms with Gasteiger partial charge < -0.3 is 10.3 Å². The van der Waals surface area contributed by atoms with Gasteiger partial charge in [0.15, 0.2) is 0 Å². The Labute approximate surface area is 71.2 Å². The first kappa shape index (κ1) is 8.55. The summed E-state index contributed by atoms with van der Waals surface area (Å²) in [7, 11) is 1.90. The zero-order valence-electron chi connectivity index (χ0n) is 6.44. The summed E-state index contributed by atoms with van der Waals surface area (Å²) < 4.78 is 1.85. The lowest BCUT2D eigenvalue weighted by Gasteiger charge is -2.06. The van der Waals surface area contributed by atoms with Gasteiger partial charge in [-0.15, -0.1) is 10.2 Å². The molecule has 62 valence electrons. The molecule has 5 heteroatoms. The third-order valence-corrected chi connectivity index (χ3v) is 1.97. The molecule has 1 aromatic rings. The van der Waals surface area contributed by atoms with Gasteiger partial charge in [-0.1, -0.05) is 0 Å². The summed E-state index contributed by atoms with van der Waals surface area (Å²) in [5.74, 6) is 0.874. The molecule has 0 bridgehead atoms.